The van der Waals surface area contributed by atoms with Crippen LogP contribution in [0.4, 0.5) is 13.2 Å². The highest BCUT2D eigenvalue weighted by atomic mass is 32.2. The molecule has 2 heterocycles. The second-order valence-corrected chi connectivity index (χ2v) is 14.8. The number of aryl methyl sites for hydroxylation is 1. The van der Waals surface area contributed by atoms with Crippen LogP contribution in [0.1, 0.15) is 45.1 Å². The first-order valence-corrected chi connectivity index (χ1v) is 18.5. The van der Waals surface area contributed by atoms with E-state index in [2.05, 4.69) is 10.1 Å². The summed E-state index contributed by atoms with van der Waals surface area (Å²) in [6.07, 6.45) is 8.25. The van der Waals surface area contributed by atoms with Gasteiger partial charge in [-0.25, -0.2) is 32.2 Å². The smallest absolute Gasteiger partial charge is 0.447 e. The number of phosphoric ester groups is 1. The summed E-state index contributed by atoms with van der Waals surface area (Å²) in [6, 6.07) is 13.5. The lowest BCUT2D eigenvalue weighted by molar-refractivity contribution is -0.146. The van der Waals surface area contributed by atoms with Crippen molar-refractivity contribution >= 4 is 31.6 Å². The molecule has 53 heavy (non-hydrogen) atoms. The van der Waals surface area contributed by atoms with Crippen LogP contribution in [0.25, 0.3) is 6.08 Å². The number of nitriles is 1. The lowest BCUT2D eigenvalue weighted by atomic mass is 9.89. The van der Waals surface area contributed by atoms with E-state index in [9.17, 15) is 27.9 Å². The number of thioether (sulfide) groups is 1. The normalized spacial score (nSPS) is 18.2. The Labute approximate surface area is 307 Å². The Morgan fingerprint density at radius 3 is 2.58 bits per heavy atom. The molecule has 1 aliphatic heterocycles. The van der Waals surface area contributed by atoms with Crippen LogP contribution in [-0.2, 0) is 42.1 Å². The zero-order valence-electron chi connectivity index (χ0n) is 28.3. The average Bonchev–Trinajstić information content (AvgIpc) is 3.63. The topological polar surface area (TPSA) is 166 Å². The minimum atomic E-state index is -4.92. The number of halogens is 3. The average molecular weight is 771 g/mol. The molecule has 12 nitrogen and oxygen atoms in total. The molecule has 1 saturated heterocycles. The molecule has 1 fully saturated rings. The molecule has 2 N–H and O–H groups in total. The summed E-state index contributed by atoms with van der Waals surface area (Å²) in [7, 11) is -4.92. The Kier molecular flexibility index (Phi) is 13.1. The summed E-state index contributed by atoms with van der Waals surface area (Å²) in [5.74, 6) is -3.35. The number of aromatic nitrogens is 3. The SMILES string of the molecule is Cc1cccc(C(=O)O[C@@](Cn2cncn2)(c2ccc(F)cc2F)[C@@H](C)SC2COC(/C=C/C=C/c3ccc(C#N)cc3F)OC2)c1COP(=O)(O)O. The lowest BCUT2D eigenvalue weighted by Gasteiger charge is -2.40. The van der Waals surface area contributed by atoms with E-state index in [1.807, 2.05) is 6.07 Å². The van der Waals surface area contributed by atoms with Gasteiger partial charge in [0.15, 0.2) is 11.9 Å². The van der Waals surface area contributed by atoms with E-state index >= 15 is 4.39 Å². The molecule has 1 aliphatic rings. The molecule has 3 aromatic carbocycles. The molecule has 4 aromatic rings. The Hall–Kier alpha value is -4.59. The molecule has 2 atom stereocenters. The van der Waals surface area contributed by atoms with Crippen molar-refractivity contribution in [2.45, 2.75) is 49.4 Å². The number of phosphoric acid groups is 1. The summed E-state index contributed by atoms with van der Waals surface area (Å²) >= 11 is 1.27. The van der Waals surface area contributed by atoms with E-state index in [1.165, 1.54) is 59.4 Å². The highest BCUT2D eigenvalue weighted by molar-refractivity contribution is 8.00. The van der Waals surface area contributed by atoms with E-state index in [1.54, 1.807) is 44.2 Å². The van der Waals surface area contributed by atoms with Gasteiger partial charge in [-0.15, -0.1) is 11.8 Å². The third-order valence-electron chi connectivity index (χ3n) is 8.26. The van der Waals surface area contributed by atoms with E-state index in [4.69, 9.17) is 24.0 Å². The quantitative estimate of drug-likeness (QED) is 0.0828. The molecule has 0 spiro atoms. The van der Waals surface area contributed by atoms with Gasteiger partial charge in [0, 0.05) is 22.4 Å². The summed E-state index contributed by atoms with van der Waals surface area (Å²) in [5.41, 5.74) is -0.999. The van der Waals surface area contributed by atoms with Crippen LogP contribution in [0.3, 0.4) is 0 Å². The van der Waals surface area contributed by atoms with Crippen LogP contribution < -0.4 is 0 Å². The van der Waals surface area contributed by atoms with Crippen molar-refractivity contribution in [1.29, 1.82) is 5.26 Å². The maximum atomic E-state index is 15.8. The predicted octanol–water partition coefficient (Wildman–Crippen LogP) is 6.37. The molecular formula is C36H34F3N4O8PS. The van der Waals surface area contributed by atoms with Gasteiger partial charge in [-0.1, -0.05) is 36.4 Å². The largest absolute Gasteiger partial charge is 0.469 e. The van der Waals surface area contributed by atoms with E-state index in [-0.39, 0.29) is 47.3 Å². The van der Waals surface area contributed by atoms with E-state index in [0.717, 1.165) is 12.1 Å². The molecule has 0 amide bonds. The van der Waals surface area contributed by atoms with Crippen LogP contribution in [0.2, 0.25) is 0 Å². The van der Waals surface area contributed by atoms with Crippen LogP contribution in [0.15, 0.2) is 85.5 Å². The number of carbonyl (C=O) groups excluding carboxylic acids is 1. The van der Waals surface area contributed by atoms with Gasteiger partial charge in [-0.3, -0.25) is 4.52 Å². The van der Waals surface area contributed by atoms with Gasteiger partial charge in [-0.05, 0) is 61.4 Å². The first kappa shape index (κ1) is 39.6. The molecule has 1 aromatic heterocycles. The van der Waals surface area contributed by atoms with Gasteiger partial charge in [0.1, 0.15) is 30.1 Å². The second-order valence-electron chi connectivity index (χ2n) is 11.9. The number of benzene rings is 3. The summed E-state index contributed by atoms with van der Waals surface area (Å²) in [5, 5.41) is 11.9. The van der Waals surface area contributed by atoms with Crippen LogP contribution in [0, 0.1) is 35.7 Å². The number of ether oxygens (including phenoxy) is 3. The van der Waals surface area contributed by atoms with Crippen molar-refractivity contribution in [3.05, 3.63) is 136 Å². The molecule has 0 radical (unpaired) electrons. The number of carbonyl (C=O) groups is 1. The van der Waals surface area contributed by atoms with E-state index < -0.39 is 55.0 Å². The molecule has 278 valence electrons. The number of rotatable bonds is 14. The van der Waals surface area contributed by atoms with Crippen LogP contribution in [0.5, 0.6) is 0 Å². The van der Waals surface area contributed by atoms with Gasteiger partial charge in [0.05, 0.1) is 48.8 Å². The fourth-order valence-corrected chi connectivity index (χ4v) is 7.24. The van der Waals surface area contributed by atoms with Gasteiger partial charge in [0.2, 0.25) is 0 Å². The first-order chi connectivity index (χ1) is 25.3. The summed E-state index contributed by atoms with van der Waals surface area (Å²) in [4.78, 5) is 36.8. The standard InChI is InChI=1S/C36H34F3N4O8PS/c1-23-6-5-8-29(30(23)19-50-52(45,46)47)35(44)51-36(20-43-22-41-21-42-43,31-13-12-27(37)15-33(31)39)24(2)53-28-17-48-34(49-18-28)9-4-3-7-26-11-10-25(16-40)14-32(26)38/h3-15,21-22,24,28,34H,17-20H2,1-2H3,(H2,45,46,47)/b7-3+,9-4+/t24-,28?,34?,36-/m1/s1. The van der Waals surface area contributed by atoms with Gasteiger partial charge >= 0.3 is 13.8 Å². The fourth-order valence-electron chi connectivity index (χ4n) is 5.58. The number of hydrogen-bond acceptors (Lipinski definition) is 10. The maximum Gasteiger partial charge on any atom is 0.469 e. The van der Waals surface area contributed by atoms with Crippen molar-refractivity contribution < 1.29 is 51.1 Å². The highest BCUT2D eigenvalue weighted by Gasteiger charge is 2.47. The van der Waals surface area contributed by atoms with Gasteiger partial charge in [0.25, 0.3) is 0 Å². The number of esters is 1. The summed E-state index contributed by atoms with van der Waals surface area (Å²) < 4.78 is 79.9. The Morgan fingerprint density at radius 1 is 1.15 bits per heavy atom. The van der Waals surface area contributed by atoms with Crippen LogP contribution in [-0.4, -0.2) is 60.5 Å². The molecule has 17 heteroatoms. The zero-order valence-corrected chi connectivity index (χ0v) is 30.1. The molecular weight excluding hydrogens is 736 g/mol. The second kappa shape index (κ2) is 17.5. The molecule has 5 rings (SSSR count). The van der Waals surface area contributed by atoms with Crippen LogP contribution >= 0.6 is 19.6 Å². The maximum absolute atomic E-state index is 15.8. The van der Waals surface area contributed by atoms with Gasteiger partial charge in [-0.2, -0.15) is 10.4 Å². The molecule has 0 bridgehead atoms. The van der Waals surface area contributed by atoms with Crippen molar-refractivity contribution in [2.75, 3.05) is 13.2 Å². The number of hydrogen-bond donors (Lipinski definition) is 2. The number of allylic oxidation sites excluding steroid dienone is 2. The molecule has 0 saturated carbocycles. The molecule has 0 aliphatic carbocycles. The zero-order chi connectivity index (χ0) is 38.2. The minimum absolute atomic E-state index is 0.0870. The van der Waals surface area contributed by atoms with Crippen molar-refractivity contribution in [3.63, 3.8) is 0 Å². The fraction of sp³-hybridized carbons (Fsp3) is 0.278. The van der Waals surface area contributed by atoms with Crippen molar-refractivity contribution in [3.8, 4) is 6.07 Å². The summed E-state index contributed by atoms with van der Waals surface area (Å²) in [6.45, 7) is 2.76. The van der Waals surface area contributed by atoms with E-state index in [0.29, 0.717) is 17.2 Å². The predicted molar refractivity (Wildman–Crippen MR) is 187 cm³/mol. The number of nitrogens with zero attached hydrogens (tertiary/aromatic N) is 4. The highest BCUT2D eigenvalue weighted by Crippen LogP contribution is 2.43. The Bertz CT molecular complexity index is 2070. The third kappa shape index (κ3) is 10.3. The minimum Gasteiger partial charge on any atom is -0.447 e. The first-order valence-electron chi connectivity index (χ1n) is 16.0. The Morgan fingerprint density at radius 2 is 1.92 bits per heavy atom. The Balaban J connectivity index is 1.39. The van der Waals surface area contributed by atoms with Crippen molar-refractivity contribution in [1.82, 2.24) is 14.8 Å². The van der Waals surface area contributed by atoms with Crippen molar-refractivity contribution in [2.24, 2.45) is 0 Å². The lowest BCUT2D eigenvalue weighted by Crippen LogP contribution is -2.47. The third-order valence-corrected chi connectivity index (χ3v) is 10.2. The molecule has 0 unspecified atom stereocenters. The monoisotopic (exact) mass is 770 g/mol. The van der Waals surface area contributed by atoms with Gasteiger partial charge < -0.3 is 24.0 Å².